The molecule has 2 heterocycles. The third kappa shape index (κ3) is 2.71. The molecule has 2 aromatic rings. The lowest BCUT2D eigenvalue weighted by Crippen LogP contribution is -2.28. The van der Waals surface area contributed by atoms with E-state index < -0.39 is 6.10 Å². The van der Waals surface area contributed by atoms with Gasteiger partial charge in [0.2, 0.25) is 6.10 Å². The van der Waals surface area contributed by atoms with Crippen LogP contribution in [0.15, 0.2) is 40.0 Å². The summed E-state index contributed by atoms with van der Waals surface area (Å²) >= 11 is 0. The topological polar surface area (TPSA) is 97.0 Å². The standard InChI is InChI=1S/C14H13N3O4/c1-8-6-13(17-20-8)15-14(19)12-7-10(16-21-12)9-4-2-3-5-11(9)18/h2-6,12,18H,7H2,1H3,(H,15,17,19)/t12-/m0/s1. The summed E-state index contributed by atoms with van der Waals surface area (Å²) in [6.45, 7) is 1.73. The number of nitrogens with one attached hydrogen (secondary N) is 1. The van der Waals surface area contributed by atoms with Crippen LogP contribution in [0.25, 0.3) is 0 Å². The van der Waals surface area contributed by atoms with E-state index in [0.29, 0.717) is 22.9 Å². The van der Waals surface area contributed by atoms with Crippen LogP contribution in [-0.4, -0.2) is 28.0 Å². The highest BCUT2D eigenvalue weighted by Crippen LogP contribution is 2.24. The molecule has 7 nitrogen and oxygen atoms in total. The van der Waals surface area contributed by atoms with E-state index in [1.54, 1.807) is 37.3 Å². The normalized spacial score (nSPS) is 17.2. The average molecular weight is 287 g/mol. The van der Waals surface area contributed by atoms with Gasteiger partial charge in [0.25, 0.3) is 5.91 Å². The van der Waals surface area contributed by atoms with E-state index in [1.165, 1.54) is 0 Å². The number of carbonyl (C=O) groups excluding carboxylic acids is 1. The summed E-state index contributed by atoms with van der Waals surface area (Å²) in [6, 6.07) is 8.38. The lowest BCUT2D eigenvalue weighted by atomic mass is 10.0. The van der Waals surface area contributed by atoms with E-state index >= 15 is 0 Å². The van der Waals surface area contributed by atoms with Crippen LogP contribution in [0.1, 0.15) is 17.7 Å². The predicted octanol–water partition coefficient (Wildman–Crippen LogP) is 1.82. The maximum Gasteiger partial charge on any atom is 0.269 e. The van der Waals surface area contributed by atoms with Gasteiger partial charge in [-0.15, -0.1) is 0 Å². The van der Waals surface area contributed by atoms with Crippen molar-refractivity contribution in [2.45, 2.75) is 19.4 Å². The fourth-order valence-electron chi connectivity index (χ4n) is 2.03. The molecule has 1 aliphatic heterocycles. The van der Waals surface area contributed by atoms with E-state index in [2.05, 4.69) is 15.6 Å². The quantitative estimate of drug-likeness (QED) is 0.897. The number of anilines is 1. The van der Waals surface area contributed by atoms with Crippen molar-refractivity contribution in [1.29, 1.82) is 0 Å². The van der Waals surface area contributed by atoms with E-state index in [4.69, 9.17) is 9.36 Å². The van der Waals surface area contributed by atoms with Gasteiger partial charge in [0.15, 0.2) is 5.82 Å². The van der Waals surface area contributed by atoms with E-state index in [1.807, 2.05) is 0 Å². The van der Waals surface area contributed by atoms with E-state index in [-0.39, 0.29) is 18.1 Å². The Balaban J connectivity index is 1.66. The van der Waals surface area contributed by atoms with Gasteiger partial charge in [0, 0.05) is 18.1 Å². The van der Waals surface area contributed by atoms with Crippen molar-refractivity contribution in [2.24, 2.45) is 5.16 Å². The molecule has 0 saturated heterocycles. The minimum Gasteiger partial charge on any atom is -0.507 e. The molecule has 0 aliphatic carbocycles. The van der Waals surface area contributed by atoms with Gasteiger partial charge in [0.1, 0.15) is 11.5 Å². The molecule has 2 N–H and O–H groups in total. The summed E-state index contributed by atoms with van der Waals surface area (Å²) in [5.41, 5.74) is 1.09. The molecule has 0 spiro atoms. The van der Waals surface area contributed by atoms with Gasteiger partial charge < -0.3 is 19.8 Å². The summed E-state index contributed by atoms with van der Waals surface area (Å²) in [5.74, 6) is 0.673. The van der Waals surface area contributed by atoms with Gasteiger partial charge >= 0.3 is 0 Å². The van der Waals surface area contributed by atoms with E-state index in [9.17, 15) is 9.90 Å². The molecular formula is C14H13N3O4. The zero-order valence-corrected chi connectivity index (χ0v) is 11.2. The largest absolute Gasteiger partial charge is 0.507 e. The summed E-state index contributed by atoms with van der Waals surface area (Å²) in [7, 11) is 0. The number of aromatic hydroxyl groups is 1. The Kier molecular flexibility index (Phi) is 3.31. The van der Waals surface area contributed by atoms with Crippen molar-refractivity contribution in [3.05, 3.63) is 41.7 Å². The van der Waals surface area contributed by atoms with Gasteiger partial charge in [0.05, 0.1) is 5.71 Å². The van der Waals surface area contributed by atoms with Crippen LogP contribution in [-0.2, 0) is 9.63 Å². The molecule has 1 aromatic carbocycles. The fraction of sp³-hybridized carbons (Fsp3) is 0.214. The van der Waals surface area contributed by atoms with Crippen molar-refractivity contribution < 1.29 is 19.3 Å². The molecule has 0 unspecified atom stereocenters. The second kappa shape index (κ2) is 5.28. The Hall–Kier alpha value is -2.83. The third-order valence-corrected chi connectivity index (χ3v) is 3.06. The second-order valence-corrected chi connectivity index (χ2v) is 4.67. The van der Waals surface area contributed by atoms with Crippen molar-refractivity contribution in [3.8, 4) is 5.75 Å². The number of rotatable bonds is 3. The molecule has 0 radical (unpaired) electrons. The summed E-state index contributed by atoms with van der Waals surface area (Å²) in [6.07, 6.45) is -0.475. The number of phenolic OH excluding ortho intramolecular Hbond substituents is 1. The molecule has 1 aliphatic rings. The molecule has 3 rings (SSSR count). The van der Waals surface area contributed by atoms with Crippen LogP contribution in [0.5, 0.6) is 5.75 Å². The first-order valence-corrected chi connectivity index (χ1v) is 6.39. The zero-order valence-electron chi connectivity index (χ0n) is 11.2. The summed E-state index contributed by atoms with van der Waals surface area (Å²) in [5, 5.41) is 19.9. The average Bonchev–Trinajstić information content (AvgIpc) is 3.09. The Morgan fingerprint density at radius 3 is 2.95 bits per heavy atom. The number of nitrogens with zero attached hydrogens (tertiary/aromatic N) is 2. The minimum atomic E-state index is -0.753. The van der Waals surface area contributed by atoms with E-state index in [0.717, 1.165) is 0 Å². The first-order chi connectivity index (χ1) is 10.1. The SMILES string of the molecule is Cc1cc(NC(=O)[C@@H]2CC(c3ccccc3O)=NO2)no1. The van der Waals surface area contributed by atoms with Crippen molar-refractivity contribution >= 4 is 17.4 Å². The number of aromatic nitrogens is 1. The van der Waals surface area contributed by atoms with Crippen LogP contribution >= 0.6 is 0 Å². The Morgan fingerprint density at radius 2 is 2.24 bits per heavy atom. The van der Waals surface area contributed by atoms with Gasteiger partial charge in [-0.1, -0.05) is 22.4 Å². The lowest BCUT2D eigenvalue weighted by molar-refractivity contribution is -0.125. The third-order valence-electron chi connectivity index (χ3n) is 3.06. The number of aryl methyl sites for hydroxylation is 1. The number of phenols is 1. The molecule has 0 fully saturated rings. The van der Waals surface area contributed by atoms with Gasteiger partial charge in [-0.25, -0.2) is 0 Å². The number of para-hydroxylation sites is 1. The predicted molar refractivity (Wildman–Crippen MR) is 74.0 cm³/mol. The molecule has 0 bridgehead atoms. The van der Waals surface area contributed by atoms with Crippen LogP contribution in [0, 0.1) is 6.92 Å². The Labute approximate surface area is 120 Å². The van der Waals surface area contributed by atoms with Crippen LogP contribution in [0.3, 0.4) is 0 Å². The van der Waals surface area contributed by atoms with Crippen LogP contribution in [0.4, 0.5) is 5.82 Å². The van der Waals surface area contributed by atoms with Crippen LogP contribution in [0.2, 0.25) is 0 Å². The second-order valence-electron chi connectivity index (χ2n) is 4.67. The zero-order chi connectivity index (χ0) is 14.8. The maximum absolute atomic E-state index is 12.0. The summed E-state index contributed by atoms with van der Waals surface area (Å²) < 4.78 is 4.87. The Morgan fingerprint density at radius 1 is 1.43 bits per heavy atom. The highest BCUT2D eigenvalue weighted by Gasteiger charge is 2.30. The Bertz CT molecular complexity index is 708. The molecule has 1 amide bonds. The number of benzene rings is 1. The lowest BCUT2D eigenvalue weighted by Gasteiger charge is -2.07. The molecule has 1 aromatic heterocycles. The molecule has 108 valence electrons. The fourth-order valence-corrected chi connectivity index (χ4v) is 2.03. The minimum absolute atomic E-state index is 0.105. The molecule has 0 saturated carbocycles. The number of amides is 1. The van der Waals surface area contributed by atoms with Crippen LogP contribution < -0.4 is 5.32 Å². The first-order valence-electron chi connectivity index (χ1n) is 6.39. The van der Waals surface area contributed by atoms with Gasteiger partial charge in [-0.2, -0.15) is 0 Å². The number of hydrogen-bond acceptors (Lipinski definition) is 6. The highest BCUT2D eigenvalue weighted by atomic mass is 16.6. The number of hydrogen-bond donors (Lipinski definition) is 2. The monoisotopic (exact) mass is 287 g/mol. The maximum atomic E-state index is 12.0. The number of oxime groups is 1. The van der Waals surface area contributed by atoms with Crippen molar-refractivity contribution in [1.82, 2.24) is 5.16 Å². The molecule has 7 heteroatoms. The highest BCUT2D eigenvalue weighted by molar-refractivity contribution is 6.07. The molecule has 21 heavy (non-hydrogen) atoms. The van der Waals surface area contributed by atoms with Crippen molar-refractivity contribution in [3.63, 3.8) is 0 Å². The number of carbonyl (C=O) groups is 1. The van der Waals surface area contributed by atoms with Crippen molar-refractivity contribution in [2.75, 3.05) is 5.32 Å². The molecular weight excluding hydrogens is 274 g/mol. The molecule has 1 atom stereocenters. The smallest absolute Gasteiger partial charge is 0.269 e. The van der Waals surface area contributed by atoms with Gasteiger partial charge in [-0.3, -0.25) is 4.79 Å². The van der Waals surface area contributed by atoms with Gasteiger partial charge in [-0.05, 0) is 19.1 Å². The summed E-state index contributed by atoms with van der Waals surface area (Å²) in [4.78, 5) is 17.2. The first kappa shape index (κ1) is 13.2.